The lowest BCUT2D eigenvalue weighted by molar-refractivity contribution is 0.441. The van der Waals surface area contributed by atoms with Gasteiger partial charge in [0.05, 0.1) is 5.25 Å². The highest BCUT2D eigenvalue weighted by Crippen LogP contribution is 2.20. The SMILES string of the molecule is CCCCCCCCCCCCCCCCCCCCC(CCCCCCCCCCCCCCCCCC)S(=O)(=O)O. The lowest BCUT2D eigenvalue weighted by Gasteiger charge is -2.13. The van der Waals surface area contributed by atoms with Crippen LogP contribution in [0.15, 0.2) is 0 Å². The van der Waals surface area contributed by atoms with Crippen molar-refractivity contribution < 1.29 is 13.0 Å². The van der Waals surface area contributed by atoms with Crippen LogP contribution in [0.2, 0.25) is 0 Å². The summed E-state index contributed by atoms with van der Waals surface area (Å²) >= 11 is 0. The van der Waals surface area contributed by atoms with E-state index in [1.807, 2.05) is 0 Å². The van der Waals surface area contributed by atoms with E-state index in [-0.39, 0.29) is 0 Å². The fourth-order valence-corrected chi connectivity index (χ4v) is 7.57. The third-order valence-electron chi connectivity index (χ3n) is 9.68. The Bertz CT molecular complexity index is 618. The Morgan fingerprint density at radius 2 is 0.488 bits per heavy atom. The van der Waals surface area contributed by atoms with Crippen LogP contribution in [-0.2, 0) is 10.1 Å². The highest BCUT2D eigenvalue weighted by molar-refractivity contribution is 7.86. The molecule has 0 rings (SSSR count). The van der Waals surface area contributed by atoms with Crippen LogP contribution in [0.3, 0.4) is 0 Å². The van der Waals surface area contributed by atoms with Crippen LogP contribution in [0.25, 0.3) is 0 Å². The van der Waals surface area contributed by atoms with Crippen molar-refractivity contribution in [3.63, 3.8) is 0 Å². The van der Waals surface area contributed by atoms with Crippen molar-refractivity contribution in [2.75, 3.05) is 0 Å². The van der Waals surface area contributed by atoms with Crippen molar-refractivity contribution in [3.05, 3.63) is 0 Å². The molecule has 1 atom stereocenters. The van der Waals surface area contributed by atoms with Gasteiger partial charge in [-0.2, -0.15) is 8.42 Å². The van der Waals surface area contributed by atoms with E-state index in [0.29, 0.717) is 12.8 Å². The first-order valence-electron chi connectivity index (χ1n) is 20.0. The molecule has 1 N–H and O–H groups in total. The fraction of sp³-hybridized carbons (Fsp3) is 1.00. The minimum absolute atomic E-state index is 0.541. The Kier molecular flexibility index (Phi) is 34.7. The second kappa shape index (κ2) is 34.8. The molecule has 0 fully saturated rings. The predicted octanol–water partition coefficient (Wildman–Crippen LogP) is 14.3. The van der Waals surface area contributed by atoms with Gasteiger partial charge in [0, 0.05) is 0 Å². The molecule has 0 aromatic heterocycles. The summed E-state index contributed by atoms with van der Waals surface area (Å²) in [5.41, 5.74) is 0. The summed E-state index contributed by atoms with van der Waals surface area (Å²) in [6.07, 6.45) is 46.6. The van der Waals surface area contributed by atoms with E-state index in [9.17, 15) is 13.0 Å². The molecule has 0 amide bonds. The third-order valence-corrected chi connectivity index (χ3v) is 11.0. The Morgan fingerprint density at radius 1 is 0.326 bits per heavy atom. The summed E-state index contributed by atoms with van der Waals surface area (Å²) in [5, 5.41) is -0.541. The molecule has 1 unspecified atom stereocenters. The van der Waals surface area contributed by atoms with Crippen molar-refractivity contribution in [2.24, 2.45) is 0 Å². The molecule has 0 spiro atoms. The Morgan fingerprint density at radius 3 is 0.651 bits per heavy atom. The zero-order valence-electron chi connectivity index (χ0n) is 29.7. The average Bonchev–Trinajstić information content (AvgIpc) is 2.98. The van der Waals surface area contributed by atoms with Crippen molar-refractivity contribution in [3.8, 4) is 0 Å². The molecule has 0 aromatic rings. The maximum atomic E-state index is 11.9. The second-order valence-electron chi connectivity index (χ2n) is 14.0. The molecule has 0 aromatic carbocycles. The zero-order valence-corrected chi connectivity index (χ0v) is 30.5. The second-order valence-corrected chi connectivity index (χ2v) is 15.7. The van der Waals surface area contributed by atoms with Crippen molar-refractivity contribution in [2.45, 2.75) is 250 Å². The number of hydrogen-bond donors (Lipinski definition) is 1. The third kappa shape index (κ3) is 34.6. The van der Waals surface area contributed by atoms with Crippen molar-refractivity contribution in [1.29, 1.82) is 0 Å². The van der Waals surface area contributed by atoms with Gasteiger partial charge in [-0.05, 0) is 12.8 Å². The summed E-state index contributed by atoms with van der Waals surface area (Å²) in [4.78, 5) is 0. The summed E-state index contributed by atoms with van der Waals surface area (Å²) in [6.45, 7) is 4.57. The maximum Gasteiger partial charge on any atom is 0.267 e. The lowest BCUT2D eigenvalue weighted by atomic mass is 10.0. The van der Waals surface area contributed by atoms with Gasteiger partial charge in [0.25, 0.3) is 10.1 Å². The van der Waals surface area contributed by atoms with Gasteiger partial charge < -0.3 is 0 Å². The molecule has 43 heavy (non-hydrogen) atoms. The minimum Gasteiger partial charge on any atom is -0.285 e. The highest BCUT2D eigenvalue weighted by atomic mass is 32.2. The van der Waals surface area contributed by atoms with Crippen LogP contribution in [0.4, 0.5) is 0 Å². The summed E-state index contributed by atoms with van der Waals surface area (Å²) in [6, 6.07) is 0. The van der Waals surface area contributed by atoms with Crippen molar-refractivity contribution in [1.82, 2.24) is 0 Å². The lowest BCUT2D eigenvalue weighted by Crippen LogP contribution is -2.20. The summed E-state index contributed by atoms with van der Waals surface area (Å²) in [7, 11) is -3.91. The quantitative estimate of drug-likeness (QED) is 0.0550. The van der Waals surface area contributed by atoms with Crippen molar-refractivity contribution >= 4 is 10.1 Å². The first-order valence-corrected chi connectivity index (χ1v) is 21.5. The zero-order chi connectivity index (χ0) is 31.5. The molecule has 0 saturated heterocycles. The molecule has 0 bridgehead atoms. The molecule has 0 saturated carbocycles. The van der Waals surface area contributed by atoms with E-state index in [0.717, 1.165) is 25.7 Å². The minimum atomic E-state index is -3.91. The van der Waals surface area contributed by atoms with E-state index < -0.39 is 15.4 Å². The Labute approximate surface area is 272 Å². The first kappa shape index (κ1) is 42.9. The van der Waals surface area contributed by atoms with Gasteiger partial charge in [-0.3, -0.25) is 4.55 Å². The summed E-state index contributed by atoms with van der Waals surface area (Å²) in [5.74, 6) is 0. The Balaban J connectivity index is 3.48. The molecule has 0 aliphatic heterocycles. The van der Waals surface area contributed by atoms with Gasteiger partial charge in [0.1, 0.15) is 0 Å². The molecular weight excluding hydrogens is 548 g/mol. The van der Waals surface area contributed by atoms with E-state index in [1.54, 1.807) is 0 Å². The molecule has 260 valence electrons. The van der Waals surface area contributed by atoms with Crippen LogP contribution < -0.4 is 0 Å². The molecule has 0 heterocycles. The van der Waals surface area contributed by atoms with Gasteiger partial charge in [-0.15, -0.1) is 0 Å². The molecule has 0 aliphatic rings. The Hall–Kier alpha value is -0.0900. The van der Waals surface area contributed by atoms with Gasteiger partial charge >= 0.3 is 0 Å². The number of hydrogen-bond acceptors (Lipinski definition) is 2. The van der Waals surface area contributed by atoms with Crippen LogP contribution in [0, 0.1) is 0 Å². The maximum absolute atomic E-state index is 11.9. The topological polar surface area (TPSA) is 54.4 Å². The highest BCUT2D eigenvalue weighted by Gasteiger charge is 2.21. The number of rotatable bonds is 37. The van der Waals surface area contributed by atoms with Crippen LogP contribution in [0.1, 0.15) is 245 Å². The average molecular weight is 629 g/mol. The van der Waals surface area contributed by atoms with E-state index in [2.05, 4.69) is 13.8 Å². The van der Waals surface area contributed by atoms with E-state index in [4.69, 9.17) is 0 Å². The van der Waals surface area contributed by atoms with Crippen LogP contribution >= 0.6 is 0 Å². The standard InChI is InChI=1S/C39H80O3S/c1-3-5-7-9-11-13-15-17-19-21-22-24-26-28-30-32-34-36-38-39(43(40,41)42)37-35-33-31-29-27-25-23-20-18-16-14-12-10-8-6-4-2/h39H,3-38H2,1-2H3,(H,40,41,42). The number of unbranched alkanes of at least 4 members (excludes halogenated alkanes) is 32. The molecule has 0 radical (unpaired) electrons. The molecule has 0 aliphatic carbocycles. The smallest absolute Gasteiger partial charge is 0.267 e. The summed E-state index contributed by atoms with van der Waals surface area (Å²) < 4.78 is 33.5. The van der Waals surface area contributed by atoms with Gasteiger partial charge in [-0.25, -0.2) is 0 Å². The normalized spacial score (nSPS) is 12.7. The van der Waals surface area contributed by atoms with E-state index in [1.165, 1.54) is 193 Å². The van der Waals surface area contributed by atoms with Crippen LogP contribution in [-0.4, -0.2) is 18.2 Å². The van der Waals surface area contributed by atoms with Gasteiger partial charge in [0.2, 0.25) is 0 Å². The predicted molar refractivity (Wildman–Crippen MR) is 193 cm³/mol. The fourth-order valence-electron chi connectivity index (χ4n) is 6.64. The van der Waals surface area contributed by atoms with Gasteiger partial charge in [-0.1, -0.05) is 232 Å². The molecule has 3 nitrogen and oxygen atoms in total. The first-order chi connectivity index (χ1) is 21.0. The largest absolute Gasteiger partial charge is 0.285 e. The van der Waals surface area contributed by atoms with Crippen LogP contribution in [0.5, 0.6) is 0 Å². The molecular formula is C39H80O3S. The van der Waals surface area contributed by atoms with Gasteiger partial charge in [0.15, 0.2) is 0 Å². The molecule has 4 heteroatoms. The monoisotopic (exact) mass is 629 g/mol. The van der Waals surface area contributed by atoms with E-state index >= 15 is 0 Å².